The van der Waals surface area contributed by atoms with Gasteiger partial charge in [-0.25, -0.2) is 4.79 Å². The molecular formula is C14H16N2O3. The van der Waals surface area contributed by atoms with E-state index < -0.39 is 11.7 Å². The third-order valence-electron chi connectivity index (χ3n) is 2.54. The largest absolute Gasteiger partial charge is 0.443 e. The van der Waals surface area contributed by atoms with E-state index in [-0.39, 0.29) is 0 Å². The first kappa shape index (κ1) is 13.1. The molecule has 0 radical (unpaired) electrons. The summed E-state index contributed by atoms with van der Waals surface area (Å²) in [7, 11) is 0. The molecule has 0 spiro atoms. The molecule has 1 aromatic carbocycles. The second-order valence-electron chi connectivity index (χ2n) is 5.17. The van der Waals surface area contributed by atoms with Gasteiger partial charge in [-0.05, 0) is 39.0 Å². The van der Waals surface area contributed by atoms with Crippen LogP contribution in [0.3, 0.4) is 0 Å². The van der Waals surface area contributed by atoms with Crippen LogP contribution in [0.5, 0.6) is 0 Å². The van der Waals surface area contributed by atoms with Gasteiger partial charge in [-0.15, -0.1) is 0 Å². The predicted octanol–water partition coefficient (Wildman–Crippen LogP) is 2.99. The van der Waals surface area contributed by atoms with Crippen LogP contribution >= 0.6 is 0 Å². The Morgan fingerprint density at radius 3 is 2.68 bits per heavy atom. The van der Waals surface area contributed by atoms with Crippen LogP contribution in [0.1, 0.15) is 20.8 Å². The molecule has 5 heteroatoms. The van der Waals surface area contributed by atoms with Crippen LogP contribution in [0.2, 0.25) is 0 Å². The summed E-state index contributed by atoms with van der Waals surface area (Å²) in [5.41, 5.74) is 0.808. The molecule has 0 aliphatic carbocycles. The summed E-state index contributed by atoms with van der Waals surface area (Å²) in [5.74, 6) is 0. The molecule has 0 aliphatic rings. The van der Waals surface area contributed by atoms with Crippen molar-refractivity contribution < 1.29 is 14.3 Å². The van der Waals surface area contributed by atoms with E-state index in [1.165, 1.54) is 4.57 Å². The first-order valence-electron chi connectivity index (χ1n) is 5.96. The third kappa shape index (κ3) is 2.76. The molecule has 100 valence electrons. The van der Waals surface area contributed by atoms with Crippen molar-refractivity contribution in [3.8, 4) is 0 Å². The topological polar surface area (TPSA) is 60.3 Å². The number of ether oxygens (including phenoxy) is 1. The zero-order chi connectivity index (χ0) is 14.0. The number of hydrogen-bond acceptors (Lipinski definition) is 3. The van der Waals surface area contributed by atoms with Crippen LogP contribution in [-0.2, 0) is 9.53 Å². The molecule has 0 aliphatic heterocycles. The lowest BCUT2D eigenvalue weighted by Gasteiger charge is -2.19. The molecule has 1 amide bonds. The lowest BCUT2D eigenvalue weighted by Crippen LogP contribution is -2.26. The van der Waals surface area contributed by atoms with Gasteiger partial charge in [-0.1, -0.05) is 6.07 Å². The van der Waals surface area contributed by atoms with Gasteiger partial charge < -0.3 is 10.1 Å². The number of nitrogens with one attached hydrogen (secondary N) is 1. The Morgan fingerprint density at radius 1 is 1.32 bits per heavy atom. The van der Waals surface area contributed by atoms with Gasteiger partial charge in [0.2, 0.25) is 6.41 Å². The zero-order valence-corrected chi connectivity index (χ0v) is 11.1. The van der Waals surface area contributed by atoms with Crippen molar-refractivity contribution in [3.05, 3.63) is 30.5 Å². The minimum atomic E-state index is -0.549. The Labute approximate surface area is 111 Å². The molecule has 0 atom stereocenters. The maximum Gasteiger partial charge on any atom is 0.418 e. The van der Waals surface area contributed by atoms with Crippen molar-refractivity contribution in [2.45, 2.75) is 26.4 Å². The molecule has 0 unspecified atom stereocenters. The van der Waals surface area contributed by atoms with E-state index in [1.807, 2.05) is 20.8 Å². The summed E-state index contributed by atoms with van der Waals surface area (Å²) in [6, 6.07) is 7.12. The van der Waals surface area contributed by atoms with Crippen molar-refractivity contribution >= 4 is 29.1 Å². The van der Waals surface area contributed by atoms with Gasteiger partial charge in [0, 0.05) is 17.3 Å². The SMILES string of the molecule is CC(C)(C)OC(=O)n1ccc2c(NC=O)cccc21. The normalized spacial score (nSPS) is 11.3. The maximum absolute atomic E-state index is 12.1. The monoisotopic (exact) mass is 260 g/mol. The molecule has 1 N–H and O–H groups in total. The molecule has 0 saturated heterocycles. The molecule has 0 bridgehead atoms. The minimum Gasteiger partial charge on any atom is -0.443 e. The van der Waals surface area contributed by atoms with Gasteiger partial charge >= 0.3 is 6.09 Å². The van der Waals surface area contributed by atoms with Crippen LogP contribution in [0, 0.1) is 0 Å². The van der Waals surface area contributed by atoms with Crippen molar-refractivity contribution in [2.24, 2.45) is 0 Å². The fourth-order valence-electron chi connectivity index (χ4n) is 1.83. The van der Waals surface area contributed by atoms with Gasteiger partial charge in [-0.3, -0.25) is 9.36 Å². The highest BCUT2D eigenvalue weighted by atomic mass is 16.6. The number of anilines is 1. The molecule has 19 heavy (non-hydrogen) atoms. The van der Waals surface area contributed by atoms with E-state index in [0.29, 0.717) is 17.6 Å². The molecule has 0 fully saturated rings. The number of carbonyl (C=O) groups excluding carboxylic acids is 2. The van der Waals surface area contributed by atoms with Gasteiger partial charge in [0.05, 0.1) is 5.52 Å². The molecule has 1 aromatic heterocycles. The highest BCUT2D eigenvalue weighted by Gasteiger charge is 2.19. The highest BCUT2D eigenvalue weighted by Crippen LogP contribution is 2.24. The molecular weight excluding hydrogens is 244 g/mol. The Bertz CT molecular complexity index is 623. The fraction of sp³-hybridized carbons (Fsp3) is 0.286. The molecule has 5 nitrogen and oxygen atoms in total. The number of carbonyl (C=O) groups is 2. The van der Waals surface area contributed by atoms with Crippen LogP contribution in [0.25, 0.3) is 10.9 Å². The summed E-state index contributed by atoms with van der Waals surface area (Å²) in [6.45, 7) is 5.45. The quantitative estimate of drug-likeness (QED) is 0.844. The number of aromatic nitrogens is 1. The highest BCUT2D eigenvalue weighted by molar-refractivity contribution is 5.99. The van der Waals surface area contributed by atoms with Crippen molar-refractivity contribution in [3.63, 3.8) is 0 Å². The summed E-state index contributed by atoms with van der Waals surface area (Å²) in [6.07, 6.45) is 1.81. The van der Waals surface area contributed by atoms with Gasteiger partial charge in [0.1, 0.15) is 5.60 Å². The Balaban J connectivity index is 2.43. The van der Waals surface area contributed by atoms with E-state index in [0.717, 1.165) is 5.39 Å². The van der Waals surface area contributed by atoms with Crippen molar-refractivity contribution in [1.82, 2.24) is 4.57 Å². The van der Waals surface area contributed by atoms with Crippen molar-refractivity contribution in [2.75, 3.05) is 5.32 Å². The second kappa shape index (κ2) is 4.76. The molecule has 1 heterocycles. The van der Waals surface area contributed by atoms with E-state index in [2.05, 4.69) is 5.32 Å². The summed E-state index contributed by atoms with van der Waals surface area (Å²) in [4.78, 5) is 22.6. The summed E-state index contributed by atoms with van der Waals surface area (Å²) < 4.78 is 6.75. The predicted molar refractivity (Wildman–Crippen MR) is 73.3 cm³/mol. The number of hydrogen-bond donors (Lipinski definition) is 1. The standard InChI is InChI=1S/C14H16N2O3/c1-14(2,3)19-13(18)16-8-7-10-11(15-9-17)5-4-6-12(10)16/h4-9H,1-3H3,(H,15,17). The number of rotatable bonds is 2. The number of nitrogens with zero attached hydrogens (tertiary/aromatic N) is 1. The first-order valence-corrected chi connectivity index (χ1v) is 5.96. The Morgan fingerprint density at radius 2 is 2.05 bits per heavy atom. The number of fused-ring (bicyclic) bond motifs is 1. The molecule has 0 saturated carbocycles. The Kier molecular flexibility index (Phi) is 3.29. The lowest BCUT2D eigenvalue weighted by molar-refractivity contribution is -0.105. The lowest BCUT2D eigenvalue weighted by atomic mass is 10.2. The van der Waals surface area contributed by atoms with E-state index >= 15 is 0 Å². The van der Waals surface area contributed by atoms with E-state index in [1.54, 1.807) is 30.5 Å². The van der Waals surface area contributed by atoms with E-state index in [9.17, 15) is 9.59 Å². The fourth-order valence-corrected chi connectivity index (χ4v) is 1.83. The minimum absolute atomic E-state index is 0.439. The average molecular weight is 260 g/mol. The Hall–Kier alpha value is -2.30. The average Bonchev–Trinajstić information content (AvgIpc) is 2.72. The summed E-state index contributed by atoms with van der Waals surface area (Å²) in [5, 5.41) is 3.40. The second-order valence-corrected chi connectivity index (χ2v) is 5.17. The van der Waals surface area contributed by atoms with Crippen LogP contribution in [-0.4, -0.2) is 22.7 Å². The van der Waals surface area contributed by atoms with Gasteiger partial charge in [0.15, 0.2) is 0 Å². The number of amides is 1. The maximum atomic E-state index is 12.1. The number of benzene rings is 1. The van der Waals surface area contributed by atoms with Crippen LogP contribution in [0.15, 0.2) is 30.5 Å². The zero-order valence-electron chi connectivity index (χ0n) is 11.1. The van der Waals surface area contributed by atoms with Gasteiger partial charge in [-0.2, -0.15) is 0 Å². The van der Waals surface area contributed by atoms with Gasteiger partial charge in [0.25, 0.3) is 0 Å². The smallest absolute Gasteiger partial charge is 0.418 e. The van der Waals surface area contributed by atoms with E-state index in [4.69, 9.17) is 4.74 Å². The summed E-state index contributed by atoms with van der Waals surface area (Å²) >= 11 is 0. The molecule has 2 rings (SSSR count). The third-order valence-corrected chi connectivity index (χ3v) is 2.54. The van der Waals surface area contributed by atoms with Crippen LogP contribution in [0.4, 0.5) is 10.5 Å². The van der Waals surface area contributed by atoms with Crippen molar-refractivity contribution in [1.29, 1.82) is 0 Å². The molecule has 2 aromatic rings. The van der Waals surface area contributed by atoms with Crippen LogP contribution < -0.4 is 5.32 Å². The first-order chi connectivity index (χ1) is 8.92.